The molecule has 2 aromatic heterocycles. The van der Waals surface area contributed by atoms with Gasteiger partial charge in [0.25, 0.3) is 0 Å². The number of aryl methyl sites for hydroxylation is 1. The van der Waals surface area contributed by atoms with E-state index in [1.54, 1.807) is 17.6 Å². The molecule has 0 spiro atoms. The predicted octanol–water partition coefficient (Wildman–Crippen LogP) is 3.28. The zero-order valence-electron chi connectivity index (χ0n) is 12.1. The van der Waals surface area contributed by atoms with Gasteiger partial charge in [-0.15, -0.1) is 11.3 Å². The van der Waals surface area contributed by atoms with Crippen LogP contribution in [-0.4, -0.2) is 10.9 Å². The minimum atomic E-state index is 0.0221. The molecular formula is C15H20N2O2S. The van der Waals surface area contributed by atoms with E-state index in [0.717, 1.165) is 16.5 Å². The number of furan rings is 1. The number of rotatable bonds is 5. The normalized spacial score (nSPS) is 11.6. The van der Waals surface area contributed by atoms with E-state index in [4.69, 9.17) is 4.42 Å². The van der Waals surface area contributed by atoms with Crippen LogP contribution in [0, 0.1) is 0 Å². The van der Waals surface area contributed by atoms with Gasteiger partial charge >= 0.3 is 0 Å². The van der Waals surface area contributed by atoms with Crippen molar-refractivity contribution < 1.29 is 9.21 Å². The summed E-state index contributed by atoms with van der Waals surface area (Å²) in [6.07, 6.45) is 2.74. The van der Waals surface area contributed by atoms with Gasteiger partial charge in [0.1, 0.15) is 5.76 Å². The average molecular weight is 292 g/mol. The van der Waals surface area contributed by atoms with Crippen LogP contribution in [0.4, 0.5) is 0 Å². The third-order valence-corrected chi connectivity index (χ3v) is 3.83. The lowest BCUT2D eigenvalue weighted by atomic mass is 9.93. The van der Waals surface area contributed by atoms with Gasteiger partial charge in [0, 0.05) is 23.6 Å². The fourth-order valence-corrected chi connectivity index (χ4v) is 2.70. The molecule has 2 aromatic rings. The zero-order chi connectivity index (χ0) is 14.6. The van der Waals surface area contributed by atoms with Crippen LogP contribution in [0.15, 0.2) is 28.2 Å². The van der Waals surface area contributed by atoms with Crippen LogP contribution >= 0.6 is 11.3 Å². The second kappa shape index (κ2) is 6.22. The molecule has 0 aliphatic heterocycles. The highest BCUT2D eigenvalue weighted by molar-refractivity contribution is 7.09. The molecule has 0 radical (unpaired) electrons. The number of carbonyl (C=O) groups is 1. The van der Waals surface area contributed by atoms with Crippen LogP contribution in [0.25, 0.3) is 0 Å². The molecule has 0 unspecified atom stereocenters. The molecule has 0 aliphatic rings. The first-order chi connectivity index (χ1) is 9.45. The lowest BCUT2D eigenvalue weighted by Gasteiger charge is -2.14. The number of carbonyl (C=O) groups excluding carboxylic acids is 1. The Morgan fingerprint density at radius 1 is 1.45 bits per heavy atom. The monoisotopic (exact) mass is 292 g/mol. The quantitative estimate of drug-likeness (QED) is 0.920. The molecule has 2 heterocycles. The SMILES string of the molecule is CC(C)(C)c1csc(CCC(=O)NCc2ccco2)n1. The molecule has 20 heavy (non-hydrogen) atoms. The molecule has 0 atom stereocenters. The van der Waals surface area contributed by atoms with Crippen LogP contribution in [0.3, 0.4) is 0 Å². The van der Waals surface area contributed by atoms with Crippen LogP contribution in [0.5, 0.6) is 0 Å². The standard InChI is InChI=1S/C15H20N2O2S/c1-15(2,3)12-10-20-14(17-12)7-6-13(18)16-9-11-5-4-8-19-11/h4-5,8,10H,6-7,9H2,1-3H3,(H,16,18). The topological polar surface area (TPSA) is 55.1 Å². The van der Waals surface area contributed by atoms with E-state index in [-0.39, 0.29) is 11.3 Å². The maximum atomic E-state index is 11.7. The molecule has 1 amide bonds. The summed E-state index contributed by atoms with van der Waals surface area (Å²) in [5.41, 5.74) is 1.16. The fraction of sp³-hybridized carbons (Fsp3) is 0.467. The highest BCUT2D eigenvalue weighted by Gasteiger charge is 2.17. The summed E-state index contributed by atoms with van der Waals surface area (Å²) in [4.78, 5) is 16.3. The van der Waals surface area contributed by atoms with Crippen molar-refractivity contribution >= 4 is 17.2 Å². The second-order valence-electron chi connectivity index (χ2n) is 5.73. The van der Waals surface area contributed by atoms with E-state index >= 15 is 0 Å². The van der Waals surface area contributed by atoms with Gasteiger partial charge in [-0.1, -0.05) is 20.8 Å². The Balaban J connectivity index is 1.77. The van der Waals surface area contributed by atoms with Crippen LogP contribution in [0.2, 0.25) is 0 Å². The Morgan fingerprint density at radius 2 is 2.25 bits per heavy atom. The summed E-state index contributed by atoms with van der Waals surface area (Å²) in [5, 5.41) is 5.93. The smallest absolute Gasteiger partial charge is 0.220 e. The lowest BCUT2D eigenvalue weighted by molar-refractivity contribution is -0.121. The van der Waals surface area contributed by atoms with E-state index in [0.29, 0.717) is 19.4 Å². The first-order valence-corrected chi connectivity index (χ1v) is 7.57. The molecule has 0 aliphatic carbocycles. The summed E-state index contributed by atoms with van der Waals surface area (Å²) in [5.74, 6) is 0.788. The van der Waals surface area contributed by atoms with Crippen molar-refractivity contribution in [3.63, 3.8) is 0 Å². The highest BCUT2D eigenvalue weighted by atomic mass is 32.1. The van der Waals surface area contributed by atoms with Gasteiger partial charge in [0.05, 0.1) is 23.5 Å². The van der Waals surface area contributed by atoms with Gasteiger partial charge in [-0.25, -0.2) is 4.98 Å². The van der Waals surface area contributed by atoms with E-state index in [2.05, 4.69) is 36.5 Å². The first-order valence-electron chi connectivity index (χ1n) is 6.69. The Bertz CT molecular complexity index is 553. The van der Waals surface area contributed by atoms with E-state index in [1.165, 1.54) is 0 Å². The van der Waals surface area contributed by atoms with Crippen LogP contribution in [0.1, 0.15) is 43.7 Å². The summed E-state index contributed by atoms with van der Waals surface area (Å²) in [6.45, 7) is 6.86. The number of hydrogen-bond donors (Lipinski definition) is 1. The molecule has 0 saturated carbocycles. The molecule has 1 N–H and O–H groups in total. The van der Waals surface area contributed by atoms with Crippen molar-refractivity contribution in [3.05, 3.63) is 40.2 Å². The zero-order valence-corrected chi connectivity index (χ0v) is 12.9. The van der Waals surface area contributed by atoms with Crippen molar-refractivity contribution in [2.75, 3.05) is 0 Å². The van der Waals surface area contributed by atoms with Gasteiger partial charge < -0.3 is 9.73 Å². The number of hydrogen-bond acceptors (Lipinski definition) is 4. The Morgan fingerprint density at radius 3 is 2.85 bits per heavy atom. The lowest BCUT2D eigenvalue weighted by Crippen LogP contribution is -2.22. The number of nitrogens with one attached hydrogen (secondary N) is 1. The second-order valence-corrected chi connectivity index (χ2v) is 6.68. The van der Waals surface area contributed by atoms with Gasteiger partial charge in [0.2, 0.25) is 5.91 Å². The molecule has 108 valence electrons. The summed E-state index contributed by atoms with van der Waals surface area (Å²) < 4.78 is 5.16. The molecule has 4 nitrogen and oxygen atoms in total. The fourth-order valence-electron chi connectivity index (χ4n) is 1.68. The molecule has 0 fully saturated rings. The van der Waals surface area contributed by atoms with Gasteiger partial charge in [-0.05, 0) is 12.1 Å². The van der Waals surface area contributed by atoms with Crippen molar-refractivity contribution in [1.82, 2.24) is 10.3 Å². The maximum Gasteiger partial charge on any atom is 0.220 e. The highest BCUT2D eigenvalue weighted by Crippen LogP contribution is 2.24. The summed E-state index contributed by atoms with van der Waals surface area (Å²) in [7, 11) is 0. The van der Waals surface area contributed by atoms with Crippen molar-refractivity contribution in [2.24, 2.45) is 0 Å². The van der Waals surface area contributed by atoms with Gasteiger partial charge in [0.15, 0.2) is 0 Å². The van der Waals surface area contributed by atoms with Crippen molar-refractivity contribution in [1.29, 1.82) is 0 Å². The minimum Gasteiger partial charge on any atom is -0.467 e. The minimum absolute atomic E-state index is 0.0221. The third kappa shape index (κ3) is 4.20. The Hall–Kier alpha value is -1.62. The van der Waals surface area contributed by atoms with Crippen LogP contribution < -0.4 is 5.32 Å². The third-order valence-electron chi connectivity index (χ3n) is 2.93. The van der Waals surface area contributed by atoms with Gasteiger partial charge in [-0.3, -0.25) is 4.79 Å². The predicted molar refractivity (Wildman–Crippen MR) is 79.7 cm³/mol. The Kier molecular flexibility index (Phi) is 4.60. The largest absolute Gasteiger partial charge is 0.467 e. The van der Waals surface area contributed by atoms with E-state index in [1.807, 2.05) is 12.1 Å². The maximum absolute atomic E-state index is 11.7. The van der Waals surface area contributed by atoms with E-state index in [9.17, 15) is 4.79 Å². The van der Waals surface area contributed by atoms with Crippen molar-refractivity contribution in [3.8, 4) is 0 Å². The molecular weight excluding hydrogens is 272 g/mol. The molecule has 0 saturated heterocycles. The number of nitrogens with zero attached hydrogens (tertiary/aromatic N) is 1. The number of amides is 1. The molecule has 0 bridgehead atoms. The summed E-state index contributed by atoms with van der Waals surface area (Å²) in [6, 6.07) is 3.65. The first kappa shape index (κ1) is 14.8. The van der Waals surface area contributed by atoms with Gasteiger partial charge in [-0.2, -0.15) is 0 Å². The number of thiazole rings is 1. The molecule has 5 heteroatoms. The number of aromatic nitrogens is 1. The molecule has 2 rings (SSSR count). The van der Waals surface area contributed by atoms with E-state index < -0.39 is 0 Å². The molecule has 0 aromatic carbocycles. The summed E-state index contributed by atoms with van der Waals surface area (Å²) >= 11 is 1.62. The Labute approximate surface area is 123 Å². The van der Waals surface area contributed by atoms with Crippen LogP contribution in [-0.2, 0) is 23.2 Å². The average Bonchev–Trinajstić information content (AvgIpc) is 3.04. The van der Waals surface area contributed by atoms with Crippen molar-refractivity contribution in [2.45, 2.75) is 45.6 Å².